The molecule has 0 heterocycles. The predicted octanol–water partition coefficient (Wildman–Crippen LogP) is -1.21. The fraction of sp³-hybridized carbons (Fsp3) is 0.400. The van der Waals surface area contributed by atoms with Gasteiger partial charge in [-0.15, -0.1) is 0 Å². The molecule has 3 nitrogen and oxygen atoms in total. The molecule has 0 aliphatic rings. The molecule has 0 aromatic rings. The van der Waals surface area contributed by atoms with E-state index in [1.54, 1.807) is 19.0 Å². The average molecular weight is 112 g/mol. The lowest BCUT2D eigenvalue weighted by Gasteiger charge is -1.92. The Hall–Kier alpha value is -1.08. The molecule has 0 rings (SSSR count). The van der Waals surface area contributed by atoms with Crippen LogP contribution < -0.4 is 4.67 Å². The molecule has 3 heteroatoms. The second-order valence-corrected chi connectivity index (χ2v) is 1.41. The van der Waals surface area contributed by atoms with Gasteiger partial charge in [0.2, 0.25) is 6.34 Å². The van der Waals surface area contributed by atoms with Gasteiger partial charge in [0, 0.05) is 0 Å². The van der Waals surface area contributed by atoms with Gasteiger partial charge in [0.15, 0.2) is 0 Å². The van der Waals surface area contributed by atoms with Gasteiger partial charge >= 0.3 is 0 Å². The lowest BCUT2D eigenvalue weighted by Crippen LogP contribution is -2.09. The Bertz CT molecular complexity index is 122. The van der Waals surface area contributed by atoms with Crippen LogP contribution in [0, 0.1) is 0 Å². The molecule has 0 saturated carbocycles. The van der Waals surface area contributed by atoms with Gasteiger partial charge in [-0.05, 0) is 0 Å². The fourth-order valence-corrected chi connectivity index (χ4v) is 0.179. The van der Waals surface area contributed by atoms with E-state index in [0.717, 1.165) is 6.21 Å². The lowest BCUT2D eigenvalue weighted by molar-refractivity contribution is -0.102. The van der Waals surface area contributed by atoms with E-state index in [2.05, 4.69) is 11.0 Å². The summed E-state index contributed by atoms with van der Waals surface area (Å²) in [6.07, 6.45) is 4.26. The van der Waals surface area contributed by atoms with Gasteiger partial charge in [-0.2, -0.15) is 0 Å². The quantitative estimate of drug-likeness (QED) is 0.112. The molecule has 0 radical (unpaired) electrons. The molecule has 0 amide bonds. The first-order valence-corrected chi connectivity index (χ1v) is 2.17. The van der Waals surface area contributed by atoms with Gasteiger partial charge in [-0.1, -0.05) is 0 Å². The summed E-state index contributed by atoms with van der Waals surface area (Å²) in [5, 5.41) is 0. The smallest absolute Gasteiger partial charge is 0.235 e. The van der Waals surface area contributed by atoms with E-state index in [4.69, 9.17) is 0 Å². The van der Waals surface area contributed by atoms with E-state index in [1.165, 1.54) is 0 Å². The largest absolute Gasteiger partial charge is 0.400 e. The second-order valence-electron chi connectivity index (χ2n) is 1.41. The van der Waals surface area contributed by atoms with Crippen molar-refractivity contribution < 1.29 is 4.79 Å². The molecular weight excluding hydrogens is 104 g/mol. The van der Waals surface area contributed by atoms with E-state index in [9.17, 15) is 4.79 Å². The van der Waals surface area contributed by atoms with Gasteiger partial charge in [-0.3, -0.25) is 0 Å². The highest BCUT2D eigenvalue weighted by atomic mass is 16.1. The topological polar surface area (TPSA) is 34.4 Å². The van der Waals surface area contributed by atoms with Crippen LogP contribution in [0.4, 0.5) is 0 Å². The summed E-state index contributed by atoms with van der Waals surface area (Å²) in [5.74, 6) is 0. The number of hydrogen-bond acceptors (Lipinski definition) is 1. The zero-order valence-corrected chi connectivity index (χ0v) is 4.96. The van der Waals surface area contributed by atoms with Gasteiger partial charge in [0.05, 0.1) is 20.3 Å². The minimum atomic E-state index is 0.608. The molecule has 0 saturated heterocycles. The Balaban J connectivity index is 3.63. The van der Waals surface area contributed by atoms with Crippen molar-refractivity contribution in [2.75, 3.05) is 14.1 Å². The Labute approximate surface area is 48.4 Å². The Morgan fingerprint density at radius 1 is 1.62 bits per heavy atom. The molecule has 44 valence electrons. The minimum absolute atomic E-state index is 0.608. The minimum Gasteiger partial charge on any atom is -0.400 e. The SMILES string of the molecule is CN(C)[C-]=[N+]=CC=O. The van der Waals surface area contributed by atoms with Crippen LogP contribution in [-0.4, -0.2) is 37.8 Å². The fourth-order valence-electron chi connectivity index (χ4n) is 0.179. The maximum absolute atomic E-state index is 9.58. The van der Waals surface area contributed by atoms with Crippen molar-refractivity contribution >= 4 is 18.8 Å². The molecule has 0 fully saturated rings. The van der Waals surface area contributed by atoms with Crippen LogP contribution in [0.3, 0.4) is 0 Å². The molecule has 0 aromatic heterocycles. The zero-order valence-electron chi connectivity index (χ0n) is 4.96. The standard InChI is InChI=1S/C5H8N2O/c1-7(2)5-6-3-4-8/h3-4H,1-2H3. The first kappa shape index (κ1) is 6.92. The molecule has 0 N–H and O–H groups in total. The molecule has 8 heavy (non-hydrogen) atoms. The molecule has 0 atom stereocenters. The summed E-state index contributed by atoms with van der Waals surface area (Å²) in [6.45, 7) is 0. The molecule has 0 bridgehead atoms. The zero-order chi connectivity index (χ0) is 6.41. The summed E-state index contributed by atoms with van der Waals surface area (Å²) < 4.78 is 3.47. The molecule has 0 aromatic carbocycles. The van der Waals surface area contributed by atoms with E-state index >= 15 is 0 Å². The molecule has 0 aliphatic heterocycles. The number of hydrogen-bond donors (Lipinski definition) is 0. The Kier molecular flexibility index (Phi) is 3.54. The van der Waals surface area contributed by atoms with Crippen LogP contribution in [0.25, 0.3) is 0 Å². The Morgan fingerprint density at radius 2 is 2.25 bits per heavy atom. The molecular formula is C5H8N2O. The maximum Gasteiger partial charge on any atom is 0.235 e. The first-order valence-electron chi connectivity index (χ1n) is 2.17. The van der Waals surface area contributed by atoms with E-state index in [1.807, 2.05) is 0 Å². The van der Waals surface area contributed by atoms with Crippen molar-refractivity contribution in [1.82, 2.24) is 9.57 Å². The van der Waals surface area contributed by atoms with Crippen LogP contribution in [0.1, 0.15) is 0 Å². The van der Waals surface area contributed by atoms with E-state index in [-0.39, 0.29) is 0 Å². The summed E-state index contributed by atoms with van der Waals surface area (Å²) in [4.78, 5) is 11.2. The number of carbonyl (C=O) groups is 1. The number of aldehydes is 1. The Morgan fingerprint density at radius 3 is 2.62 bits per heavy atom. The van der Waals surface area contributed by atoms with Crippen molar-refractivity contribution in [3.63, 3.8) is 0 Å². The number of nitrogens with zero attached hydrogens (tertiary/aromatic N) is 2. The van der Waals surface area contributed by atoms with Crippen molar-refractivity contribution in [1.29, 1.82) is 0 Å². The maximum atomic E-state index is 9.58. The number of rotatable bonds is 2. The van der Waals surface area contributed by atoms with Crippen molar-refractivity contribution in [2.45, 2.75) is 0 Å². The molecule has 0 spiro atoms. The van der Waals surface area contributed by atoms with E-state index in [0.29, 0.717) is 6.29 Å². The van der Waals surface area contributed by atoms with Crippen molar-refractivity contribution in [2.24, 2.45) is 0 Å². The van der Waals surface area contributed by atoms with Crippen molar-refractivity contribution in [3.05, 3.63) is 0 Å². The lowest BCUT2D eigenvalue weighted by atomic mass is 10.8. The predicted molar refractivity (Wildman–Crippen MR) is 33.0 cm³/mol. The third kappa shape index (κ3) is 4.92. The number of carbonyl (C=O) groups excluding carboxylic acids is 1. The monoisotopic (exact) mass is 112 g/mol. The average Bonchev–Trinajstić information content (AvgIpc) is 1.66. The van der Waals surface area contributed by atoms with Gasteiger partial charge in [0.1, 0.15) is 6.29 Å². The first-order chi connectivity index (χ1) is 3.77. The highest BCUT2D eigenvalue weighted by Crippen LogP contribution is 1.52. The highest BCUT2D eigenvalue weighted by molar-refractivity contribution is 6.12. The second kappa shape index (κ2) is 4.09. The van der Waals surface area contributed by atoms with Crippen molar-refractivity contribution in [3.8, 4) is 0 Å². The van der Waals surface area contributed by atoms with Crippen LogP contribution in [0.5, 0.6) is 0 Å². The van der Waals surface area contributed by atoms with Gasteiger partial charge in [0.25, 0.3) is 0 Å². The normalized spacial score (nSPS) is 6.75. The molecule has 0 aliphatic carbocycles. The summed E-state index contributed by atoms with van der Waals surface area (Å²) in [5.41, 5.74) is 0. The third-order valence-corrected chi connectivity index (χ3v) is 0.393. The third-order valence-electron chi connectivity index (χ3n) is 0.393. The van der Waals surface area contributed by atoms with Crippen LogP contribution >= 0.6 is 0 Å². The van der Waals surface area contributed by atoms with Crippen LogP contribution in [0.15, 0.2) is 0 Å². The van der Waals surface area contributed by atoms with Gasteiger partial charge < -0.3 is 14.4 Å². The van der Waals surface area contributed by atoms with E-state index < -0.39 is 0 Å². The summed E-state index contributed by atoms with van der Waals surface area (Å²) in [7, 11) is 3.56. The molecule has 0 unspecified atom stereocenters. The summed E-state index contributed by atoms with van der Waals surface area (Å²) >= 11 is 0. The summed E-state index contributed by atoms with van der Waals surface area (Å²) in [6, 6.07) is 0. The van der Waals surface area contributed by atoms with Gasteiger partial charge in [-0.25, -0.2) is 0 Å². The van der Waals surface area contributed by atoms with Crippen LogP contribution in [-0.2, 0) is 4.79 Å². The van der Waals surface area contributed by atoms with Crippen LogP contribution in [0.2, 0.25) is 0 Å². The highest BCUT2D eigenvalue weighted by Gasteiger charge is 1.72.